The Hall–Kier alpha value is -3.03. The third kappa shape index (κ3) is 4.58. The van der Waals surface area contributed by atoms with Crippen LogP contribution in [0, 0.1) is 0 Å². The average Bonchev–Trinajstić information content (AvgIpc) is 2.64. The first-order valence-corrected chi connectivity index (χ1v) is 8.17. The SMILES string of the molecule is O=C(O)c1ccc2c(c1)CN(C(=O)c1ccc(OCC(F)(F)F)cc1)CC2. The van der Waals surface area contributed by atoms with Gasteiger partial charge in [-0.1, -0.05) is 6.07 Å². The number of carboxylic acid groups (broad SMARTS) is 1. The maximum absolute atomic E-state index is 12.6. The van der Waals surface area contributed by atoms with E-state index < -0.39 is 18.8 Å². The molecule has 1 aliphatic heterocycles. The van der Waals surface area contributed by atoms with Gasteiger partial charge in [0.15, 0.2) is 6.61 Å². The number of fused-ring (bicyclic) bond motifs is 1. The number of aromatic carboxylic acids is 1. The fraction of sp³-hybridized carbons (Fsp3) is 0.263. The Morgan fingerprint density at radius 1 is 1.04 bits per heavy atom. The van der Waals surface area contributed by atoms with Crippen LogP contribution in [0.1, 0.15) is 31.8 Å². The lowest BCUT2D eigenvalue weighted by atomic mass is 9.97. The van der Waals surface area contributed by atoms with Crippen molar-refractivity contribution >= 4 is 11.9 Å². The van der Waals surface area contributed by atoms with Crippen LogP contribution in [-0.2, 0) is 13.0 Å². The van der Waals surface area contributed by atoms with E-state index in [4.69, 9.17) is 5.11 Å². The Morgan fingerprint density at radius 2 is 1.70 bits per heavy atom. The minimum Gasteiger partial charge on any atom is -0.484 e. The monoisotopic (exact) mass is 379 g/mol. The summed E-state index contributed by atoms with van der Waals surface area (Å²) in [4.78, 5) is 25.3. The van der Waals surface area contributed by atoms with E-state index in [2.05, 4.69) is 4.74 Å². The van der Waals surface area contributed by atoms with E-state index in [1.807, 2.05) is 0 Å². The Bertz CT molecular complexity index is 862. The van der Waals surface area contributed by atoms with E-state index in [0.717, 1.165) is 11.1 Å². The van der Waals surface area contributed by atoms with Crippen molar-refractivity contribution in [3.05, 3.63) is 64.7 Å². The lowest BCUT2D eigenvalue weighted by molar-refractivity contribution is -0.153. The van der Waals surface area contributed by atoms with Crippen LogP contribution in [0.15, 0.2) is 42.5 Å². The zero-order chi connectivity index (χ0) is 19.6. The van der Waals surface area contributed by atoms with Gasteiger partial charge in [0, 0.05) is 18.7 Å². The Balaban J connectivity index is 1.69. The van der Waals surface area contributed by atoms with Crippen LogP contribution >= 0.6 is 0 Å². The Kier molecular flexibility index (Phi) is 5.07. The molecule has 1 aliphatic rings. The van der Waals surface area contributed by atoms with Gasteiger partial charge in [0.05, 0.1) is 5.56 Å². The van der Waals surface area contributed by atoms with Gasteiger partial charge < -0.3 is 14.7 Å². The third-order valence-corrected chi connectivity index (χ3v) is 4.26. The lowest BCUT2D eigenvalue weighted by Gasteiger charge is -2.29. The van der Waals surface area contributed by atoms with Crippen LogP contribution in [-0.4, -0.2) is 41.2 Å². The molecule has 0 fully saturated rings. The summed E-state index contributed by atoms with van der Waals surface area (Å²) in [7, 11) is 0. The van der Waals surface area contributed by atoms with Gasteiger partial charge >= 0.3 is 12.1 Å². The zero-order valence-electron chi connectivity index (χ0n) is 14.1. The predicted molar refractivity (Wildman–Crippen MR) is 89.8 cm³/mol. The number of carbonyl (C=O) groups is 2. The van der Waals surface area contributed by atoms with Crippen molar-refractivity contribution in [1.82, 2.24) is 4.90 Å². The van der Waals surface area contributed by atoms with E-state index in [-0.39, 0.29) is 23.8 Å². The van der Waals surface area contributed by atoms with E-state index in [1.54, 1.807) is 23.1 Å². The summed E-state index contributed by atoms with van der Waals surface area (Å²) >= 11 is 0. The molecule has 2 aromatic carbocycles. The molecule has 1 amide bonds. The average molecular weight is 379 g/mol. The van der Waals surface area contributed by atoms with Crippen molar-refractivity contribution in [3.8, 4) is 5.75 Å². The smallest absolute Gasteiger partial charge is 0.422 e. The molecule has 0 saturated carbocycles. The number of benzene rings is 2. The van der Waals surface area contributed by atoms with Crippen molar-refractivity contribution in [2.75, 3.05) is 13.2 Å². The van der Waals surface area contributed by atoms with Crippen LogP contribution in [0.2, 0.25) is 0 Å². The summed E-state index contributed by atoms with van der Waals surface area (Å²) in [6.45, 7) is -0.638. The highest BCUT2D eigenvalue weighted by molar-refractivity contribution is 5.94. The molecule has 1 heterocycles. The highest BCUT2D eigenvalue weighted by Crippen LogP contribution is 2.23. The standard InChI is InChI=1S/C19H16F3NO4/c20-19(21,22)11-27-16-5-3-13(4-6-16)17(24)23-8-7-12-1-2-14(18(25)26)9-15(12)10-23/h1-6,9H,7-8,10-11H2,(H,25,26). The Labute approximate surface area is 153 Å². The third-order valence-electron chi connectivity index (χ3n) is 4.26. The zero-order valence-corrected chi connectivity index (χ0v) is 14.1. The number of halogens is 3. The van der Waals surface area contributed by atoms with E-state index >= 15 is 0 Å². The fourth-order valence-corrected chi connectivity index (χ4v) is 2.90. The summed E-state index contributed by atoms with van der Waals surface area (Å²) in [5.41, 5.74) is 2.26. The molecule has 2 aromatic rings. The summed E-state index contributed by atoms with van der Waals surface area (Å²) in [5, 5.41) is 9.10. The Morgan fingerprint density at radius 3 is 2.33 bits per heavy atom. The van der Waals surface area contributed by atoms with Gasteiger partial charge in [-0.25, -0.2) is 4.79 Å². The number of amides is 1. The minimum atomic E-state index is -4.43. The second-order valence-corrected chi connectivity index (χ2v) is 6.19. The maximum Gasteiger partial charge on any atom is 0.422 e. The molecule has 5 nitrogen and oxygen atoms in total. The maximum atomic E-state index is 12.6. The van der Waals surface area contributed by atoms with Crippen LogP contribution in [0.3, 0.4) is 0 Å². The largest absolute Gasteiger partial charge is 0.484 e. The highest BCUT2D eigenvalue weighted by atomic mass is 19.4. The predicted octanol–water partition coefficient (Wildman–Crippen LogP) is 3.52. The first-order valence-electron chi connectivity index (χ1n) is 8.17. The number of hydrogen-bond donors (Lipinski definition) is 1. The molecule has 3 rings (SSSR count). The van der Waals surface area contributed by atoms with Crippen LogP contribution < -0.4 is 4.74 Å². The van der Waals surface area contributed by atoms with Crippen LogP contribution in [0.5, 0.6) is 5.75 Å². The number of carboxylic acids is 1. The summed E-state index contributed by atoms with van der Waals surface area (Å²) in [5.74, 6) is -1.28. The summed E-state index contributed by atoms with van der Waals surface area (Å²) < 4.78 is 41.1. The van der Waals surface area contributed by atoms with Crippen molar-refractivity contribution in [3.63, 3.8) is 0 Å². The van der Waals surface area contributed by atoms with Gasteiger partial charge in [-0.3, -0.25) is 4.79 Å². The number of nitrogens with zero attached hydrogens (tertiary/aromatic N) is 1. The molecule has 0 aliphatic carbocycles. The number of carbonyl (C=O) groups excluding carboxylic acids is 1. The number of rotatable bonds is 4. The topological polar surface area (TPSA) is 66.8 Å². The molecule has 0 bridgehead atoms. The van der Waals surface area contributed by atoms with Gasteiger partial charge in [0.25, 0.3) is 5.91 Å². The minimum absolute atomic E-state index is 0.0268. The quantitative estimate of drug-likeness (QED) is 0.883. The molecule has 142 valence electrons. The molecule has 0 saturated heterocycles. The van der Waals surface area contributed by atoms with E-state index in [9.17, 15) is 22.8 Å². The molecule has 0 spiro atoms. The van der Waals surface area contributed by atoms with Gasteiger partial charge in [-0.05, 0) is 53.9 Å². The van der Waals surface area contributed by atoms with Crippen LogP contribution in [0.4, 0.5) is 13.2 Å². The van der Waals surface area contributed by atoms with Crippen molar-refractivity contribution in [2.45, 2.75) is 19.1 Å². The first-order chi connectivity index (χ1) is 12.7. The number of ether oxygens (including phenoxy) is 1. The first kappa shape index (κ1) is 18.8. The van der Waals surface area contributed by atoms with Crippen LogP contribution in [0.25, 0.3) is 0 Å². The molecule has 8 heteroatoms. The molecular weight excluding hydrogens is 363 g/mol. The molecule has 1 N–H and O–H groups in total. The van der Waals surface area contributed by atoms with E-state index in [1.165, 1.54) is 24.3 Å². The molecule has 0 unspecified atom stereocenters. The van der Waals surface area contributed by atoms with Crippen molar-refractivity contribution in [2.24, 2.45) is 0 Å². The number of alkyl halides is 3. The molecule has 0 atom stereocenters. The summed E-state index contributed by atoms with van der Waals surface area (Å²) in [6, 6.07) is 10.3. The van der Waals surface area contributed by atoms with Gasteiger partial charge in [0.2, 0.25) is 0 Å². The highest BCUT2D eigenvalue weighted by Gasteiger charge is 2.28. The van der Waals surface area contributed by atoms with Gasteiger partial charge in [-0.15, -0.1) is 0 Å². The second-order valence-electron chi connectivity index (χ2n) is 6.19. The second kappa shape index (κ2) is 7.30. The molecule has 27 heavy (non-hydrogen) atoms. The molecule has 0 radical (unpaired) electrons. The fourth-order valence-electron chi connectivity index (χ4n) is 2.90. The molecular formula is C19H16F3NO4. The normalized spacial score (nSPS) is 13.8. The van der Waals surface area contributed by atoms with Crippen molar-refractivity contribution in [1.29, 1.82) is 0 Å². The van der Waals surface area contributed by atoms with Crippen molar-refractivity contribution < 1.29 is 32.6 Å². The van der Waals surface area contributed by atoms with E-state index in [0.29, 0.717) is 18.5 Å². The van der Waals surface area contributed by atoms with Gasteiger partial charge in [0.1, 0.15) is 5.75 Å². The van der Waals surface area contributed by atoms with Gasteiger partial charge in [-0.2, -0.15) is 13.2 Å². The number of hydrogen-bond acceptors (Lipinski definition) is 3. The molecule has 0 aromatic heterocycles. The summed E-state index contributed by atoms with van der Waals surface area (Å²) in [6.07, 6.45) is -3.82. The lowest BCUT2D eigenvalue weighted by Crippen LogP contribution is -2.36.